The number of benzene rings is 2. The molecule has 1 fully saturated rings. The van der Waals surface area contributed by atoms with Crippen LogP contribution < -0.4 is 4.90 Å². The van der Waals surface area contributed by atoms with E-state index in [9.17, 15) is 4.79 Å². The Morgan fingerprint density at radius 3 is 2.29 bits per heavy atom. The molecule has 0 aliphatic carbocycles. The molecular weight excluding hydrogens is 320 g/mol. The molecule has 0 saturated carbocycles. The van der Waals surface area contributed by atoms with Gasteiger partial charge in [0.15, 0.2) is 0 Å². The van der Waals surface area contributed by atoms with Crippen molar-refractivity contribution >= 4 is 23.2 Å². The molecule has 2 aromatic carbocycles. The summed E-state index contributed by atoms with van der Waals surface area (Å²) >= 11 is 6.46. The van der Waals surface area contributed by atoms with Gasteiger partial charge < -0.3 is 9.80 Å². The van der Waals surface area contributed by atoms with E-state index in [0.717, 1.165) is 48.0 Å². The fraction of sp³-hybridized carbons (Fsp3) is 0.350. The number of piperazine rings is 1. The molecule has 3 rings (SSSR count). The van der Waals surface area contributed by atoms with Crippen LogP contribution in [0.3, 0.4) is 0 Å². The number of amides is 1. The second kappa shape index (κ2) is 6.86. The molecule has 0 bridgehead atoms. The van der Waals surface area contributed by atoms with Gasteiger partial charge in [0.25, 0.3) is 5.91 Å². The molecule has 0 unspecified atom stereocenters. The van der Waals surface area contributed by atoms with Gasteiger partial charge in [0.05, 0.1) is 10.7 Å². The predicted molar refractivity (Wildman–Crippen MR) is 100 cm³/mol. The van der Waals surface area contributed by atoms with Gasteiger partial charge in [0, 0.05) is 31.7 Å². The van der Waals surface area contributed by atoms with Crippen LogP contribution >= 0.6 is 11.6 Å². The quantitative estimate of drug-likeness (QED) is 0.815. The standard InChI is InChI=1S/C20H23ClN2O/c1-14-5-4-6-17(12-14)20(24)23-9-7-22(8-10-23)19-16(3)11-15(2)13-18(19)21/h4-6,11-13H,7-10H2,1-3H3. The third-order valence-corrected chi connectivity index (χ3v) is 4.83. The first kappa shape index (κ1) is 16.8. The van der Waals surface area contributed by atoms with E-state index in [-0.39, 0.29) is 5.91 Å². The first-order chi connectivity index (χ1) is 11.5. The van der Waals surface area contributed by atoms with Crippen LogP contribution in [0.1, 0.15) is 27.0 Å². The summed E-state index contributed by atoms with van der Waals surface area (Å²) in [6, 6.07) is 12.0. The minimum absolute atomic E-state index is 0.116. The van der Waals surface area contributed by atoms with Crippen LogP contribution in [0.2, 0.25) is 5.02 Å². The van der Waals surface area contributed by atoms with E-state index in [0.29, 0.717) is 0 Å². The van der Waals surface area contributed by atoms with Crippen LogP contribution in [-0.4, -0.2) is 37.0 Å². The Morgan fingerprint density at radius 2 is 1.67 bits per heavy atom. The van der Waals surface area contributed by atoms with E-state index in [1.54, 1.807) is 0 Å². The third kappa shape index (κ3) is 3.41. The van der Waals surface area contributed by atoms with Crippen LogP contribution in [0.4, 0.5) is 5.69 Å². The molecule has 0 aromatic heterocycles. The molecule has 0 radical (unpaired) electrons. The zero-order chi connectivity index (χ0) is 17.3. The number of anilines is 1. The van der Waals surface area contributed by atoms with Crippen LogP contribution in [0.15, 0.2) is 36.4 Å². The first-order valence-corrected chi connectivity index (χ1v) is 8.71. The molecule has 3 nitrogen and oxygen atoms in total. The number of hydrogen-bond donors (Lipinski definition) is 0. The summed E-state index contributed by atoms with van der Waals surface area (Å²) in [6.07, 6.45) is 0. The number of halogens is 1. The number of nitrogens with zero attached hydrogens (tertiary/aromatic N) is 2. The number of aryl methyl sites for hydroxylation is 3. The fourth-order valence-electron chi connectivity index (χ4n) is 3.40. The predicted octanol–water partition coefficient (Wildman–Crippen LogP) is 4.23. The van der Waals surface area contributed by atoms with Crippen molar-refractivity contribution in [2.75, 3.05) is 31.1 Å². The van der Waals surface area contributed by atoms with Crippen molar-refractivity contribution in [3.8, 4) is 0 Å². The lowest BCUT2D eigenvalue weighted by atomic mass is 10.1. The Bertz CT molecular complexity index is 741. The SMILES string of the molecule is Cc1cccc(C(=O)N2CCN(c3c(C)cc(C)cc3Cl)CC2)c1. The molecular formula is C20H23ClN2O. The molecule has 1 heterocycles. The highest BCUT2D eigenvalue weighted by Gasteiger charge is 2.24. The Kier molecular flexibility index (Phi) is 4.81. The van der Waals surface area contributed by atoms with Crippen LogP contribution in [-0.2, 0) is 0 Å². The average molecular weight is 343 g/mol. The van der Waals surface area contributed by atoms with Gasteiger partial charge in [-0.2, -0.15) is 0 Å². The maximum atomic E-state index is 12.7. The maximum absolute atomic E-state index is 12.7. The van der Waals surface area contributed by atoms with Gasteiger partial charge in [-0.1, -0.05) is 35.4 Å². The van der Waals surface area contributed by atoms with E-state index in [1.807, 2.05) is 42.2 Å². The Hall–Kier alpha value is -2.00. The highest BCUT2D eigenvalue weighted by molar-refractivity contribution is 6.33. The number of carbonyl (C=O) groups is 1. The van der Waals surface area contributed by atoms with Gasteiger partial charge in [-0.25, -0.2) is 0 Å². The smallest absolute Gasteiger partial charge is 0.253 e. The highest BCUT2D eigenvalue weighted by Crippen LogP contribution is 2.31. The molecule has 1 aliphatic rings. The second-order valence-corrected chi connectivity index (χ2v) is 6.97. The second-order valence-electron chi connectivity index (χ2n) is 6.56. The van der Waals surface area contributed by atoms with Gasteiger partial charge in [-0.15, -0.1) is 0 Å². The number of rotatable bonds is 2. The van der Waals surface area contributed by atoms with E-state index in [2.05, 4.69) is 24.8 Å². The van der Waals surface area contributed by atoms with Gasteiger partial charge in [0.2, 0.25) is 0 Å². The zero-order valence-corrected chi connectivity index (χ0v) is 15.2. The number of hydrogen-bond acceptors (Lipinski definition) is 2. The normalized spacial score (nSPS) is 14.8. The lowest BCUT2D eigenvalue weighted by Crippen LogP contribution is -2.49. The van der Waals surface area contributed by atoms with E-state index < -0.39 is 0 Å². The summed E-state index contributed by atoms with van der Waals surface area (Å²) in [6.45, 7) is 9.21. The summed E-state index contributed by atoms with van der Waals surface area (Å²) in [5.41, 5.74) is 5.35. The van der Waals surface area contributed by atoms with Crippen molar-refractivity contribution in [1.29, 1.82) is 0 Å². The third-order valence-electron chi connectivity index (χ3n) is 4.55. The van der Waals surface area contributed by atoms with Gasteiger partial charge in [-0.05, 0) is 50.1 Å². The Labute approximate surface area is 148 Å². The summed E-state index contributed by atoms with van der Waals surface area (Å²) in [5.74, 6) is 0.116. The molecule has 2 aromatic rings. The summed E-state index contributed by atoms with van der Waals surface area (Å²) < 4.78 is 0. The largest absolute Gasteiger partial charge is 0.367 e. The van der Waals surface area contributed by atoms with E-state index >= 15 is 0 Å². The van der Waals surface area contributed by atoms with E-state index in [4.69, 9.17) is 11.6 Å². The highest BCUT2D eigenvalue weighted by atomic mass is 35.5. The van der Waals surface area contributed by atoms with E-state index in [1.165, 1.54) is 11.1 Å². The topological polar surface area (TPSA) is 23.6 Å². The van der Waals surface area contributed by atoms with Crippen molar-refractivity contribution in [3.63, 3.8) is 0 Å². The lowest BCUT2D eigenvalue weighted by molar-refractivity contribution is 0.0746. The van der Waals surface area contributed by atoms with Crippen molar-refractivity contribution in [1.82, 2.24) is 4.90 Å². The lowest BCUT2D eigenvalue weighted by Gasteiger charge is -2.37. The molecule has 0 spiro atoms. The van der Waals surface area contributed by atoms with Crippen molar-refractivity contribution in [2.24, 2.45) is 0 Å². The van der Waals surface area contributed by atoms with Crippen molar-refractivity contribution in [2.45, 2.75) is 20.8 Å². The average Bonchev–Trinajstić information content (AvgIpc) is 2.54. The molecule has 24 heavy (non-hydrogen) atoms. The molecule has 4 heteroatoms. The van der Waals surface area contributed by atoms with Gasteiger partial charge in [0.1, 0.15) is 0 Å². The summed E-state index contributed by atoms with van der Waals surface area (Å²) in [7, 11) is 0. The number of carbonyl (C=O) groups excluding carboxylic acids is 1. The molecule has 126 valence electrons. The summed E-state index contributed by atoms with van der Waals surface area (Å²) in [4.78, 5) is 16.9. The fourth-order valence-corrected chi connectivity index (χ4v) is 3.84. The maximum Gasteiger partial charge on any atom is 0.253 e. The molecule has 1 aliphatic heterocycles. The van der Waals surface area contributed by atoms with Gasteiger partial charge in [-0.3, -0.25) is 4.79 Å². The zero-order valence-electron chi connectivity index (χ0n) is 14.5. The first-order valence-electron chi connectivity index (χ1n) is 8.33. The Balaban J connectivity index is 1.71. The minimum atomic E-state index is 0.116. The van der Waals surface area contributed by atoms with Crippen molar-refractivity contribution < 1.29 is 4.79 Å². The van der Waals surface area contributed by atoms with Crippen molar-refractivity contribution in [3.05, 3.63) is 63.7 Å². The molecule has 1 saturated heterocycles. The van der Waals surface area contributed by atoms with Gasteiger partial charge >= 0.3 is 0 Å². The van der Waals surface area contributed by atoms with Crippen LogP contribution in [0, 0.1) is 20.8 Å². The Morgan fingerprint density at radius 1 is 0.958 bits per heavy atom. The monoisotopic (exact) mass is 342 g/mol. The summed E-state index contributed by atoms with van der Waals surface area (Å²) in [5, 5.41) is 0.797. The molecule has 0 atom stereocenters. The van der Waals surface area contributed by atoms with Crippen LogP contribution in [0.5, 0.6) is 0 Å². The molecule has 1 amide bonds. The van der Waals surface area contributed by atoms with Crippen LogP contribution in [0.25, 0.3) is 0 Å². The minimum Gasteiger partial charge on any atom is -0.367 e. The molecule has 0 N–H and O–H groups in total.